The number of aryl methyl sites for hydroxylation is 2. The Morgan fingerprint density at radius 1 is 1.09 bits per heavy atom. The molecule has 1 heterocycles. The van der Waals surface area contributed by atoms with Crippen LogP contribution in [0.15, 0.2) is 39.6 Å². The molecule has 0 spiro atoms. The number of hydrogen-bond donors (Lipinski definition) is 0. The van der Waals surface area contributed by atoms with E-state index < -0.39 is 11.7 Å². The number of carbonyl (C=O) groups excluding carboxylic acids is 2. The van der Waals surface area contributed by atoms with Crippen LogP contribution in [0.5, 0.6) is 5.75 Å². The maximum Gasteiger partial charge on any atom is 0.419 e. The number of halogens is 1. The van der Waals surface area contributed by atoms with Crippen LogP contribution in [-0.4, -0.2) is 37.8 Å². The summed E-state index contributed by atoms with van der Waals surface area (Å²) in [6, 6.07) is 7.09. The number of ether oxygens (including phenoxy) is 3. The lowest BCUT2D eigenvalue weighted by atomic mass is 9.93. The Morgan fingerprint density at radius 3 is 2.44 bits per heavy atom. The van der Waals surface area contributed by atoms with Crippen molar-refractivity contribution in [3.05, 3.63) is 68.2 Å². The highest BCUT2D eigenvalue weighted by atomic mass is 35.5. The number of esters is 2. The Bertz CT molecular complexity index is 1330. The van der Waals surface area contributed by atoms with Gasteiger partial charge in [-0.15, -0.1) is 0 Å². The van der Waals surface area contributed by atoms with Gasteiger partial charge in [0.25, 0.3) is 0 Å². The van der Waals surface area contributed by atoms with Gasteiger partial charge >= 0.3 is 17.7 Å². The predicted octanol–water partition coefficient (Wildman–Crippen LogP) is 4.66. The zero-order valence-electron chi connectivity index (χ0n) is 19.7. The van der Waals surface area contributed by atoms with Crippen molar-refractivity contribution in [1.82, 2.24) is 4.57 Å². The second kappa shape index (κ2) is 10.6. The zero-order valence-corrected chi connectivity index (χ0v) is 20.4. The molecule has 3 rings (SSSR count). The van der Waals surface area contributed by atoms with Crippen LogP contribution >= 0.6 is 11.6 Å². The molecular formula is C25H26ClNO7. The average molecular weight is 488 g/mol. The SMILES string of the molecule is COC(=O)CCC/C=C(\c1cc(Cl)c(OC)c(C(=O)OC)c1)c1cc(C)c2oc(=O)n(C)c2c1. The number of benzene rings is 2. The van der Waals surface area contributed by atoms with Crippen molar-refractivity contribution < 1.29 is 28.2 Å². The van der Waals surface area contributed by atoms with E-state index in [0.717, 1.165) is 16.7 Å². The summed E-state index contributed by atoms with van der Waals surface area (Å²) in [5.74, 6) is -1.12. The molecular weight excluding hydrogens is 462 g/mol. The zero-order chi connectivity index (χ0) is 25.0. The van der Waals surface area contributed by atoms with Gasteiger partial charge in [0.15, 0.2) is 11.3 Å². The molecule has 34 heavy (non-hydrogen) atoms. The van der Waals surface area contributed by atoms with E-state index in [2.05, 4.69) is 0 Å². The Balaban J connectivity index is 2.19. The lowest BCUT2D eigenvalue weighted by Gasteiger charge is -2.15. The number of hydrogen-bond acceptors (Lipinski definition) is 7. The van der Waals surface area contributed by atoms with Gasteiger partial charge in [0.2, 0.25) is 0 Å². The first kappa shape index (κ1) is 25.1. The maximum absolute atomic E-state index is 12.4. The van der Waals surface area contributed by atoms with Gasteiger partial charge < -0.3 is 18.6 Å². The van der Waals surface area contributed by atoms with Crippen molar-refractivity contribution >= 4 is 40.2 Å². The number of nitrogens with zero attached hydrogens (tertiary/aromatic N) is 1. The van der Waals surface area contributed by atoms with Crippen molar-refractivity contribution in [2.75, 3.05) is 21.3 Å². The number of oxazole rings is 1. The summed E-state index contributed by atoms with van der Waals surface area (Å²) in [5, 5.41) is 0.245. The summed E-state index contributed by atoms with van der Waals surface area (Å²) >= 11 is 6.46. The molecule has 9 heteroatoms. The molecule has 0 fully saturated rings. The lowest BCUT2D eigenvalue weighted by Crippen LogP contribution is -2.08. The minimum Gasteiger partial charge on any atom is -0.494 e. The van der Waals surface area contributed by atoms with E-state index in [4.69, 9.17) is 30.2 Å². The van der Waals surface area contributed by atoms with Gasteiger partial charge in [-0.3, -0.25) is 9.36 Å². The summed E-state index contributed by atoms with van der Waals surface area (Å²) in [5.41, 5.74) is 4.30. The Hall–Kier alpha value is -3.52. The minimum absolute atomic E-state index is 0.182. The van der Waals surface area contributed by atoms with Gasteiger partial charge in [-0.05, 0) is 66.3 Å². The Kier molecular flexibility index (Phi) is 7.83. The van der Waals surface area contributed by atoms with Crippen molar-refractivity contribution in [2.45, 2.75) is 26.2 Å². The number of unbranched alkanes of at least 4 members (excludes halogenated alkanes) is 1. The summed E-state index contributed by atoms with van der Waals surface area (Å²) in [4.78, 5) is 36.0. The molecule has 2 aromatic carbocycles. The topological polar surface area (TPSA) is 97.0 Å². The van der Waals surface area contributed by atoms with Crippen molar-refractivity contribution in [3.8, 4) is 5.75 Å². The number of carbonyl (C=O) groups is 2. The molecule has 180 valence electrons. The monoisotopic (exact) mass is 487 g/mol. The van der Waals surface area contributed by atoms with Crippen LogP contribution in [0.1, 0.15) is 46.3 Å². The first-order valence-electron chi connectivity index (χ1n) is 10.6. The lowest BCUT2D eigenvalue weighted by molar-refractivity contribution is -0.140. The number of methoxy groups -OCH3 is 3. The van der Waals surface area contributed by atoms with E-state index in [1.165, 1.54) is 25.9 Å². The van der Waals surface area contributed by atoms with Crippen LogP contribution in [0.4, 0.5) is 0 Å². The quantitative estimate of drug-likeness (QED) is 0.336. The standard InChI is InChI=1S/C25H26ClNO7/c1-14-10-15(13-20-22(14)34-25(30)27(20)2)17(8-6-7-9-21(28)31-3)16-11-18(24(29)33-5)23(32-4)19(26)12-16/h8,10-13H,6-7,9H2,1-5H3/b17-8-. The second-order valence-corrected chi connectivity index (χ2v) is 8.09. The molecule has 0 bridgehead atoms. The number of aromatic nitrogens is 1. The van der Waals surface area contributed by atoms with Gasteiger partial charge in [-0.1, -0.05) is 17.7 Å². The Labute approximate surface area is 201 Å². The van der Waals surface area contributed by atoms with Crippen LogP contribution in [0, 0.1) is 6.92 Å². The first-order chi connectivity index (χ1) is 16.2. The molecule has 0 atom stereocenters. The van der Waals surface area contributed by atoms with Crippen molar-refractivity contribution in [3.63, 3.8) is 0 Å². The van der Waals surface area contributed by atoms with Gasteiger partial charge in [0.05, 0.1) is 31.9 Å². The van der Waals surface area contributed by atoms with E-state index >= 15 is 0 Å². The largest absolute Gasteiger partial charge is 0.494 e. The molecule has 0 radical (unpaired) electrons. The van der Waals surface area contributed by atoms with Gasteiger partial charge in [0, 0.05) is 13.5 Å². The molecule has 0 aliphatic heterocycles. The van der Waals surface area contributed by atoms with Crippen molar-refractivity contribution in [1.29, 1.82) is 0 Å². The highest BCUT2D eigenvalue weighted by Crippen LogP contribution is 2.36. The molecule has 0 unspecified atom stereocenters. The fourth-order valence-electron chi connectivity index (χ4n) is 3.76. The number of fused-ring (bicyclic) bond motifs is 1. The van der Waals surface area contributed by atoms with E-state index in [1.54, 1.807) is 19.2 Å². The molecule has 0 saturated carbocycles. The fraction of sp³-hybridized carbons (Fsp3) is 0.320. The average Bonchev–Trinajstić information content (AvgIpc) is 3.11. The molecule has 0 aliphatic carbocycles. The van der Waals surface area contributed by atoms with Crippen LogP contribution in [0.3, 0.4) is 0 Å². The Morgan fingerprint density at radius 2 is 1.79 bits per heavy atom. The second-order valence-electron chi connectivity index (χ2n) is 7.69. The molecule has 8 nitrogen and oxygen atoms in total. The smallest absolute Gasteiger partial charge is 0.419 e. The molecule has 0 amide bonds. The third-order valence-corrected chi connectivity index (χ3v) is 5.80. The first-order valence-corrected chi connectivity index (χ1v) is 10.9. The predicted molar refractivity (Wildman–Crippen MR) is 128 cm³/mol. The molecule has 3 aromatic rings. The molecule has 0 aliphatic rings. The van der Waals surface area contributed by atoms with Crippen LogP contribution < -0.4 is 10.5 Å². The van der Waals surface area contributed by atoms with Crippen LogP contribution in [0.25, 0.3) is 16.7 Å². The van der Waals surface area contributed by atoms with Crippen LogP contribution in [0.2, 0.25) is 5.02 Å². The normalized spacial score (nSPS) is 11.5. The van der Waals surface area contributed by atoms with Gasteiger partial charge in [0.1, 0.15) is 5.56 Å². The van der Waals surface area contributed by atoms with E-state index in [-0.39, 0.29) is 28.7 Å². The highest BCUT2D eigenvalue weighted by molar-refractivity contribution is 6.33. The van der Waals surface area contributed by atoms with E-state index in [0.29, 0.717) is 29.5 Å². The molecule has 1 aromatic heterocycles. The third kappa shape index (κ3) is 5.02. The van der Waals surface area contributed by atoms with Gasteiger partial charge in [-0.2, -0.15) is 0 Å². The van der Waals surface area contributed by atoms with Crippen LogP contribution in [-0.2, 0) is 21.3 Å². The number of rotatable bonds is 8. The van der Waals surface area contributed by atoms with Crippen molar-refractivity contribution in [2.24, 2.45) is 7.05 Å². The minimum atomic E-state index is -0.588. The summed E-state index contributed by atoms with van der Waals surface area (Å²) in [6.07, 6.45) is 3.35. The van der Waals surface area contributed by atoms with E-state index in [9.17, 15) is 14.4 Å². The molecule has 0 saturated heterocycles. The summed E-state index contributed by atoms with van der Waals surface area (Å²) < 4.78 is 21.7. The van der Waals surface area contributed by atoms with Gasteiger partial charge in [-0.25, -0.2) is 9.59 Å². The summed E-state index contributed by atoms with van der Waals surface area (Å²) in [6.45, 7) is 1.85. The third-order valence-electron chi connectivity index (χ3n) is 5.52. The van der Waals surface area contributed by atoms with E-state index in [1.807, 2.05) is 25.1 Å². The fourth-order valence-corrected chi connectivity index (χ4v) is 4.06. The number of allylic oxidation sites excluding steroid dienone is 1. The summed E-state index contributed by atoms with van der Waals surface area (Å²) in [7, 11) is 5.69. The molecule has 0 N–H and O–H groups in total. The maximum atomic E-state index is 12.4. The highest BCUT2D eigenvalue weighted by Gasteiger charge is 2.20.